The van der Waals surface area contributed by atoms with Gasteiger partial charge in [-0.2, -0.15) is 0 Å². The van der Waals surface area contributed by atoms with Crippen molar-refractivity contribution in [3.05, 3.63) is 24.2 Å². The molecule has 0 atom stereocenters. The number of amides is 1. The van der Waals surface area contributed by atoms with Gasteiger partial charge in [0.15, 0.2) is 5.76 Å². The van der Waals surface area contributed by atoms with E-state index in [0.29, 0.717) is 11.7 Å². The average molecular weight is 276 g/mol. The predicted octanol–water partition coefficient (Wildman–Crippen LogP) is 2.66. The van der Waals surface area contributed by atoms with Crippen molar-refractivity contribution in [3.63, 3.8) is 0 Å². The van der Waals surface area contributed by atoms with Crippen LogP contribution in [-0.2, 0) is 0 Å². The van der Waals surface area contributed by atoms with Crippen molar-refractivity contribution in [2.45, 2.75) is 44.6 Å². The Kier molecular flexibility index (Phi) is 4.41. The number of nitrogens with zero attached hydrogens (tertiary/aromatic N) is 1. The van der Waals surface area contributed by atoms with E-state index < -0.39 is 0 Å². The van der Waals surface area contributed by atoms with Gasteiger partial charge in [0.25, 0.3) is 5.91 Å². The van der Waals surface area contributed by atoms with Crippen LogP contribution in [-0.4, -0.2) is 36.5 Å². The van der Waals surface area contributed by atoms with E-state index in [4.69, 9.17) is 4.42 Å². The molecule has 0 unspecified atom stereocenters. The van der Waals surface area contributed by atoms with Gasteiger partial charge in [-0.15, -0.1) is 0 Å². The molecule has 3 rings (SSSR count). The highest BCUT2D eigenvalue weighted by Gasteiger charge is 2.27. The molecule has 1 aliphatic heterocycles. The van der Waals surface area contributed by atoms with Crippen LogP contribution >= 0.6 is 0 Å². The van der Waals surface area contributed by atoms with Gasteiger partial charge in [0, 0.05) is 12.6 Å². The first-order valence-corrected chi connectivity index (χ1v) is 7.88. The van der Waals surface area contributed by atoms with Crippen molar-refractivity contribution in [1.29, 1.82) is 0 Å². The monoisotopic (exact) mass is 276 g/mol. The van der Waals surface area contributed by atoms with Gasteiger partial charge in [-0.3, -0.25) is 4.79 Å². The fourth-order valence-corrected chi connectivity index (χ4v) is 3.52. The van der Waals surface area contributed by atoms with E-state index in [-0.39, 0.29) is 5.91 Å². The molecular formula is C16H24N2O2. The lowest BCUT2D eigenvalue weighted by atomic mass is 9.95. The standard InChI is InChI=1S/C16H24N2O2/c19-16(15-6-3-11-20-15)17-12-13-7-9-18(10-8-13)14-4-1-2-5-14/h3,6,11,13-14H,1-2,4-5,7-10,12H2,(H,17,19). The highest BCUT2D eigenvalue weighted by molar-refractivity contribution is 5.91. The van der Waals surface area contributed by atoms with Crippen LogP contribution in [0, 0.1) is 5.92 Å². The number of likely N-dealkylation sites (tertiary alicyclic amines) is 1. The minimum Gasteiger partial charge on any atom is -0.459 e. The van der Waals surface area contributed by atoms with Gasteiger partial charge in [-0.05, 0) is 56.8 Å². The molecular weight excluding hydrogens is 252 g/mol. The molecule has 0 bridgehead atoms. The van der Waals surface area contributed by atoms with Gasteiger partial charge in [0.1, 0.15) is 0 Å². The number of hydrogen-bond acceptors (Lipinski definition) is 3. The maximum atomic E-state index is 11.8. The fraction of sp³-hybridized carbons (Fsp3) is 0.688. The molecule has 2 heterocycles. The molecule has 1 N–H and O–H groups in total. The van der Waals surface area contributed by atoms with Crippen LogP contribution in [0.4, 0.5) is 0 Å². The first kappa shape index (κ1) is 13.7. The summed E-state index contributed by atoms with van der Waals surface area (Å²) in [6, 6.07) is 4.29. The predicted molar refractivity (Wildman–Crippen MR) is 77.6 cm³/mol. The average Bonchev–Trinajstić information content (AvgIpc) is 3.18. The van der Waals surface area contributed by atoms with E-state index in [1.165, 1.54) is 57.9 Å². The summed E-state index contributed by atoms with van der Waals surface area (Å²) in [5, 5.41) is 2.99. The molecule has 20 heavy (non-hydrogen) atoms. The third kappa shape index (κ3) is 3.23. The molecule has 1 saturated carbocycles. The Morgan fingerprint density at radius 2 is 2.00 bits per heavy atom. The van der Waals surface area contributed by atoms with Crippen LogP contribution in [0.1, 0.15) is 49.1 Å². The van der Waals surface area contributed by atoms with Gasteiger partial charge in [0.2, 0.25) is 0 Å². The molecule has 1 aliphatic carbocycles. The molecule has 0 aromatic carbocycles. The van der Waals surface area contributed by atoms with Crippen molar-refractivity contribution in [2.75, 3.05) is 19.6 Å². The largest absolute Gasteiger partial charge is 0.459 e. The number of furan rings is 1. The van der Waals surface area contributed by atoms with Crippen LogP contribution in [0.25, 0.3) is 0 Å². The minimum atomic E-state index is -0.0896. The lowest BCUT2D eigenvalue weighted by molar-refractivity contribution is 0.0898. The molecule has 4 nitrogen and oxygen atoms in total. The van der Waals surface area contributed by atoms with Gasteiger partial charge >= 0.3 is 0 Å². The Bertz CT molecular complexity index is 416. The number of rotatable bonds is 4. The van der Waals surface area contributed by atoms with Crippen LogP contribution in [0.3, 0.4) is 0 Å². The quantitative estimate of drug-likeness (QED) is 0.919. The summed E-state index contributed by atoms with van der Waals surface area (Å²) in [6.45, 7) is 3.18. The van der Waals surface area contributed by atoms with E-state index in [9.17, 15) is 4.79 Å². The van der Waals surface area contributed by atoms with E-state index in [1.807, 2.05) is 0 Å². The number of hydrogen-bond donors (Lipinski definition) is 1. The number of carbonyl (C=O) groups is 1. The zero-order chi connectivity index (χ0) is 13.8. The lowest BCUT2D eigenvalue weighted by Crippen LogP contribution is -2.42. The Labute approximate surface area is 120 Å². The molecule has 110 valence electrons. The molecule has 0 radical (unpaired) electrons. The van der Waals surface area contributed by atoms with Crippen molar-refractivity contribution >= 4 is 5.91 Å². The Morgan fingerprint density at radius 3 is 2.65 bits per heavy atom. The summed E-state index contributed by atoms with van der Waals surface area (Å²) >= 11 is 0. The van der Waals surface area contributed by atoms with Gasteiger partial charge < -0.3 is 14.6 Å². The van der Waals surface area contributed by atoms with E-state index in [2.05, 4.69) is 10.2 Å². The maximum Gasteiger partial charge on any atom is 0.286 e. The minimum absolute atomic E-state index is 0.0896. The molecule has 4 heteroatoms. The van der Waals surface area contributed by atoms with Crippen LogP contribution in [0.2, 0.25) is 0 Å². The summed E-state index contributed by atoms with van der Waals surface area (Å²) in [5.74, 6) is 0.938. The van der Waals surface area contributed by atoms with Crippen LogP contribution < -0.4 is 5.32 Å². The molecule has 2 aliphatic rings. The summed E-state index contributed by atoms with van der Waals surface area (Å²) < 4.78 is 5.10. The molecule has 1 amide bonds. The smallest absolute Gasteiger partial charge is 0.286 e. The number of piperidine rings is 1. The maximum absolute atomic E-state index is 11.8. The fourth-order valence-electron chi connectivity index (χ4n) is 3.52. The summed E-state index contributed by atoms with van der Waals surface area (Å²) in [7, 11) is 0. The van der Waals surface area contributed by atoms with Crippen LogP contribution in [0.5, 0.6) is 0 Å². The van der Waals surface area contributed by atoms with Gasteiger partial charge in [-0.1, -0.05) is 12.8 Å². The van der Waals surface area contributed by atoms with E-state index >= 15 is 0 Å². The number of carbonyl (C=O) groups excluding carboxylic acids is 1. The zero-order valence-corrected chi connectivity index (χ0v) is 12.0. The second kappa shape index (κ2) is 6.44. The first-order chi connectivity index (χ1) is 9.83. The van der Waals surface area contributed by atoms with Crippen molar-refractivity contribution in [3.8, 4) is 0 Å². The van der Waals surface area contributed by atoms with E-state index in [1.54, 1.807) is 12.1 Å². The zero-order valence-electron chi connectivity index (χ0n) is 12.0. The Morgan fingerprint density at radius 1 is 1.25 bits per heavy atom. The summed E-state index contributed by atoms with van der Waals surface area (Å²) in [6.07, 6.45) is 9.53. The lowest BCUT2D eigenvalue weighted by Gasteiger charge is -2.36. The first-order valence-electron chi connectivity index (χ1n) is 7.88. The third-order valence-corrected chi connectivity index (χ3v) is 4.79. The molecule has 2 fully saturated rings. The highest BCUT2D eigenvalue weighted by atomic mass is 16.3. The molecule has 1 saturated heterocycles. The Hall–Kier alpha value is -1.29. The second-order valence-electron chi connectivity index (χ2n) is 6.10. The van der Waals surface area contributed by atoms with Crippen LogP contribution in [0.15, 0.2) is 22.8 Å². The molecule has 1 aromatic heterocycles. The highest BCUT2D eigenvalue weighted by Crippen LogP contribution is 2.27. The summed E-state index contributed by atoms with van der Waals surface area (Å²) in [4.78, 5) is 14.5. The van der Waals surface area contributed by atoms with Crippen molar-refractivity contribution < 1.29 is 9.21 Å². The normalized spacial score (nSPS) is 22.2. The van der Waals surface area contributed by atoms with Gasteiger partial charge in [0.05, 0.1) is 6.26 Å². The van der Waals surface area contributed by atoms with E-state index in [0.717, 1.165) is 12.6 Å². The Balaban J connectivity index is 1.39. The molecule has 1 aromatic rings. The van der Waals surface area contributed by atoms with Gasteiger partial charge in [-0.25, -0.2) is 0 Å². The second-order valence-corrected chi connectivity index (χ2v) is 6.10. The third-order valence-electron chi connectivity index (χ3n) is 4.79. The van der Waals surface area contributed by atoms with Crippen molar-refractivity contribution in [1.82, 2.24) is 10.2 Å². The topological polar surface area (TPSA) is 45.5 Å². The summed E-state index contributed by atoms with van der Waals surface area (Å²) in [5.41, 5.74) is 0. The SMILES string of the molecule is O=C(NCC1CCN(C2CCCC2)CC1)c1ccco1. The molecule has 0 spiro atoms. The van der Waals surface area contributed by atoms with Crippen molar-refractivity contribution in [2.24, 2.45) is 5.92 Å². The number of nitrogens with one attached hydrogen (secondary N) is 1.